The Morgan fingerprint density at radius 2 is 1.62 bits per heavy atom. The number of para-hydroxylation sites is 2. The molecule has 0 atom stereocenters. The average Bonchev–Trinajstić information content (AvgIpc) is 2.94. The maximum Gasteiger partial charge on any atom is 0.114 e. The fourth-order valence-electron chi connectivity index (χ4n) is 3.36. The first kappa shape index (κ1) is 16.8. The summed E-state index contributed by atoms with van der Waals surface area (Å²) in [7, 11) is 0. The summed E-state index contributed by atoms with van der Waals surface area (Å²) in [4.78, 5) is 4.93. The Morgan fingerprint density at radius 3 is 2.46 bits per heavy atom. The first-order valence-corrected chi connectivity index (χ1v) is 9.28. The van der Waals surface area contributed by atoms with Crippen LogP contribution < -0.4 is 0 Å². The number of aromatic nitrogens is 2. The van der Waals surface area contributed by atoms with E-state index in [1.165, 1.54) is 54.6 Å². The summed E-state index contributed by atoms with van der Waals surface area (Å²) >= 11 is 0. The molecule has 24 heavy (non-hydrogen) atoms. The van der Waals surface area contributed by atoms with Crippen molar-refractivity contribution >= 4 is 11.0 Å². The highest BCUT2D eigenvalue weighted by Crippen LogP contribution is 2.21. The van der Waals surface area contributed by atoms with E-state index in [1.54, 1.807) is 0 Å². The number of rotatable bonds is 8. The van der Waals surface area contributed by atoms with E-state index in [0.717, 1.165) is 18.5 Å². The predicted molar refractivity (Wildman–Crippen MR) is 102 cm³/mol. The van der Waals surface area contributed by atoms with Gasteiger partial charge in [-0.1, -0.05) is 69.0 Å². The number of imidazole rings is 1. The van der Waals surface area contributed by atoms with Gasteiger partial charge in [0.15, 0.2) is 0 Å². The van der Waals surface area contributed by atoms with Gasteiger partial charge in [0.1, 0.15) is 5.82 Å². The summed E-state index contributed by atoms with van der Waals surface area (Å²) in [5.74, 6) is 1.20. The van der Waals surface area contributed by atoms with Crippen molar-refractivity contribution in [2.75, 3.05) is 0 Å². The van der Waals surface area contributed by atoms with Gasteiger partial charge in [-0.25, -0.2) is 4.98 Å². The van der Waals surface area contributed by atoms with Crippen LogP contribution in [-0.2, 0) is 13.0 Å². The molecule has 3 aromatic rings. The SMILES string of the molecule is CCCCCCCn1c(Cc2ccccc2C)nc2ccccc21. The molecule has 0 amide bonds. The van der Waals surface area contributed by atoms with Gasteiger partial charge in [0, 0.05) is 13.0 Å². The molecule has 0 bridgehead atoms. The van der Waals surface area contributed by atoms with Gasteiger partial charge in [-0.05, 0) is 36.6 Å². The Morgan fingerprint density at radius 1 is 0.875 bits per heavy atom. The molecular weight excluding hydrogens is 292 g/mol. The van der Waals surface area contributed by atoms with Crippen LogP contribution >= 0.6 is 0 Å². The Kier molecular flexibility index (Phi) is 5.68. The van der Waals surface area contributed by atoms with Crippen LogP contribution in [0, 0.1) is 6.92 Å². The fourth-order valence-corrected chi connectivity index (χ4v) is 3.36. The Balaban J connectivity index is 1.83. The molecule has 2 heteroatoms. The minimum atomic E-state index is 0.913. The molecule has 0 saturated heterocycles. The third-order valence-electron chi connectivity index (χ3n) is 4.83. The molecule has 1 aromatic heterocycles. The monoisotopic (exact) mass is 320 g/mol. The first-order valence-electron chi connectivity index (χ1n) is 9.28. The van der Waals surface area contributed by atoms with Crippen molar-refractivity contribution in [2.45, 2.75) is 58.9 Å². The summed E-state index contributed by atoms with van der Waals surface area (Å²) in [6.45, 7) is 5.53. The number of hydrogen-bond acceptors (Lipinski definition) is 1. The van der Waals surface area contributed by atoms with Crippen LogP contribution in [0.3, 0.4) is 0 Å². The third kappa shape index (κ3) is 3.87. The van der Waals surface area contributed by atoms with E-state index >= 15 is 0 Å². The molecule has 2 aromatic carbocycles. The van der Waals surface area contributed by atoms with Crippen molar-refractivity contribution in [3.8, 4) is 0 Å². The molecule has 0 aliphatic rings. The Labute approximate surface area is 145 Å². The van der Waals surface area contributed by atoms with Gasteiger partial charge in [-0.15, -0.1) is 0 Å². The minimum absolute atomic E-state index is 0.913. The number of nitrogens with zero attached hydrogens (tertiary/aromatic N) is 2. The molecule has 0 aliphatic carbocycles. The number of fused-ring (bicyclic) bond motifs is 1. The Hall–Kier alpha value is -2.09. The number of unbranched alkanes of at least 4 members (excludes halogenated alkanes) is 4. The Bertz CT molecular complexity index is 786. The van der Waals surface area contributed by atoms with Crippen molar-refractivity contribution in [1.29, 1.82) is 0 Å². The summed E-state index contributed by atoms with van der Waals surface area (Å²) in [6, 6.07) is 17.2. The molecule has 0 unspecified atom stereocenters. The van der Waals surface area contributed by atoms with Crippen molar-refractivity contribution in [3.05, 3.63) is 65.5 Å². The van der Waals surface area contributed by atoms with E-state index in [-0.39, 0.29) is 0 Å². The van der Waals surface area contributed by atoms with Crippen LogP contribution in [0.2, 0.25) is 0 Å². The fraction of sp³-hybridized carbons (Fsp3) is 0.409. The van der Waals surface area contributed by atoms with Gasteiger partial charge in [0.2, 0.25) is 0 Å². The topological polar surface area (TPSA) is 17.8 Å². The van der Waals surface area contributed by atoms with Crippen molar-refractivity contribution < 1.29 is 0 Å². The summed E-state index contributed by atoms with van der Waals surface area (Å²) < 4.78 is 2.44. The van der Waals surface area contributed by atoms with Gasteiger partial charge in [-0.2, -0.15) is 0 Å². The summed E-state index contributed by atoms with van der Waals surface area (Å²) in [5, 5.41) is 0. The van der Waals surface area contributed by atoms with E-state index in [9.17, 15) is 0 Å². The lowest BCUT2D eigenvalue weighted by Crippen LogP contribution is -2.05. The van der Waals surface area contributed by atoms with Crippen LogP contribution in [0.25, 0.3) is 11.0 Å². The van der Waals surface area contributed by atoms with Gasteiger partial charge in [-0.3, -0.25) is 0 Å². The lowest BCUT2D eigenvalue weighted by Gasteiger charge is -2.10. The average molecular weight is 320 g/mol. The largest absolute Gasteiger partial charge is 0.328 e. The molecule has 0 aliphatic heterocycles. The molecule has 0 spiro atoms. The summed E-state index contributed by atoms with van der Waals surface area (Å²) in [5.41, 5.74) is 5.12. The number of benzene rings is 2. The molecule has 2 nitrogen and oxygen atoms in total. The quantitative estimate of drug-likeness (QED) is 0.472. The zero-order chi connectivity index (χ0) is 16.8. The summed E-state index contributed by atoms with van der Waals surface area (Å²) in [6.07, 6.45) is 7.45. The zero-order valence-corrected chi connectivity index (χ0v) is 15.0. The normalized spacial score (nSPS) is 11.2. The van der Waals surface area contributed by atoms with Crippen molar-refractivity contribution in [3.63, 3.8) is 0 Å². The van der Waals surface area contributed by atoms with Crippen molar-refractivity contribution in [1.82, 2.24) is 9.55 Å². The van der Waals surface area contributed by atoms with E-state index in [1.807, 2.05) is 0 Å². The van der Waals surface area contributed by atoms with E-state index in [4.69, 9.17) is 4.98 Å². The van der Waals surface area contributed by atoms with Gasteiger partial charge in [0.25, 0.3) is 0 Å². The van der Waals surface area contributed by atoms with Crippen molar-refractivity contribution in [2.24, 2.45) is 0 Å². The molecule has 3 rings (SSSR count). The van der Waals surface area contributed by atoms with E-state index < -0.39 is 0 Å². The third-order valence-corrected chi connectivity index (χ3v) is 4.83. The molecular formula is C22H28N2. The zero-order valence-electron chi connectivity index (χ0n) is 15.0. The highest BCUT2D eigenvalue weighted by molar-refractivity contribution is 5.76. The van der Waals surface area contributed by atoms with Gasteiger partial charge in [0.05, 0.1) is 11.0 Å². The van der Waals surface area contributed by atoms with E-state index in [0.29, 0.717) is 0 Å². The maximum atomic E-state index is 4.93. The van der Waals surface area contributed by atoms with E-state index in [2.05, 4.69) is 66.9 Å². The predicted octanol–water partition coefficient (Wildman–Crippen LogP) is 5.91. The second-order valence-electron chi connectivity index (χ2n) is 6.69. The molecule has 126 valence electrons. The first-order chi connectivity index (χ1) is 11.8. The van der Waals surface area contributed by atoms with Gasteiger partial charge >= 0.3 is 0 Å². The molecule has 0 saturated carbocycles. The lowest BCUT2D eigenvalue weighted by atomic mass is 10.1. The van der Waals surface area contributed by atoms with Crippen LogP contribution in [0.15, 0.2) is 48.5 Å². The molecule has 0 N–H and O–H groups in total. The molecule has 0 fully saturated rings. The lowest BCUT2D eigenvalue weighted by molar-refractivity contribution is 0.565. The highest BCUT2D eigenvalue weighted by Gasteiger charge is 2.11. The highest BCUT2D eigenvalue weighted by atomic mass is 15.1. The number of hydrogen-bond donors (Lipinski definition) is 0. The second kappa shape index (κ2) is 8.14. The standard InChI is InChI=1S/C22H28N2/c1-3-4-5-6-11-16-24-21-15-10-9-14-20(21)23-22(24)17-19-13-8-7-12-18(19)2/h7-10,12-15H,3-6,11,16-17H2,1-2H3. The van der Waals surface area contributed by atoms with Crippen LogP contribution in [0.4, 0.5) is 0 Å². The van der Waals surface area contributed by atoms with Crippen LogP contribution in [0.5, 0.6) is 0 Å². The van der Waals surface area contributed by atoms with Crippen LogP contribution in [-0.4, -0.2) is 9.55 Å². The molecule has 1 heterocycles. The van der Waals surface area contributed by atoms with Crippen LogP contribution in [0.1, 0.15) is 56.0 Å². The number of aryl methyl sites for hydroxylation is 2. The minimum Gasteiger partial charge on any atom is -0.328 e. The smallest absolute Gasteiger partial charge is 0.114 e. The molecule has 0 radical (unpaired) electrons. The maximum absolute atomic E-state index is 4.93. The van der Waals surface area contributed by atoms with Gasteiger partial charge < -0.3 is 4.57 Å². The second-order valence-corrected chi connectivity index (χ2v) is 6.69.